The molecule has 0 aliphatic heterocycles. The van der Waals surface area contributed by atoms with E-state index in [2.05, 4.69) is 50.3 Å². The van der Waals surface area contributed by atoms with Crippen molar-refractivity contribution in [3.8, 4) is 0 Å². The molecule has 0 aromatic heterocycles. The smallest absolute Gasteiger partial charge is 0.306 e. The van der Waals surface area contributed by atoms with Gasteiger partial charge in [-0.15, -0.1) is 0 Å². The summed E-state index contributed by atoms with van der Waals surface area (Å²) in [5.41, 5.74) is 0. The molecule has 0 saturated carbocycles. The molecule has 0 aliphatic carbocycles. The lowest BCUT2D eigenvalue weighted by molar-refractivity contribution is -0.870. The molecule has 0 heterocycles. The van der Waals surface area contributed by atoms with E-state index >= 15 is 0 Å². The summed E-state index contributed by atoms with van der Waals surface area (Å²) >= 11 is 0. The van der Waals surface area contributed by atoms with Crippen molar-refractivity contribution in [3.63, 3.8) is 0 Å². The lowest BCUT2D eigenvalue weighted by atomic mass is 10.0. The summed E-state index contributed by atoms with van der Waals surface area (Å²) in [6, 6.07) is 0. The molecule has 0 rings (SSSR count). The van der Waals surface area contributed by atoms with Crippen LogP contribution < -0.4 is 4.89 Å². The van der Waals surface area contributed by atoms with Crippen molar-refractivity contribution < 1.29 is 42.1 Å². The molecular weight excluding hydrogens is 930 g/mol. The standard InChI is InChI=1S/C63H120NO8P/c1-6-8-10-12-14-16-18-20-22-23-24-25-26-27-28-29-30-31-32-33-34-35-36-37-38-39-40-41-42-44-46-48-50-52-54-56-63(66)72-61(60-71-73(67,68)70-58-57-64(3,4)5)59-69-62(65)55-53-51-49-47-45-43-21-19-17-15-13-11-9-7-2/h18-21,23-24,61H,6-17,22,25-60H2,1-5H3/b20-18-,21-19-,24-23-. The first kappa shape index (κ1) is 71.2. The second-order valence-electron chi connectivity index (χ2n) is 22.4. The number of likely N-dealkylation sites (N-methyl/N-ethyl adjacent to an activating group) is 1. The summed E-state index contributed by atoms with van der Waals surface area (Å²) in [6.45, 7) is 4.25. The number of carbonyl (C=O) groups is 2. The number of carbonyl (C=O) groups excluding carboxylic acids is 2. The number of phosphoric acid groups is 1. The third kappa shape index (κ3) is 59.3. The third-order valence-corrected chi connectivity index (χ3v) is 14.8. The van der Waals surface area contributed by atoms with Gasteiger partial charge in [-0.05, 0) is 70.6 Å². The zero-order valence-electron chi connectivity index (χ0n) is 48.9. The molecule has 0 spiro atoms. The Morgan fingerprint density at radius 2 is 0.740 bits per heavy atom. The third-order valence-electron chi connectivity index (χ3n) is 13.9. The van der Waals surface area contributed by atoms with E-state index < -0.39 is 26.5 Å². The highest BCUT2D eigenvalue weighted by molar-refractivity contribution is 7.45. The van der Waals surface area contributed by atoms with E-state index in [0.29, 0.717) is 17.4 Å². The van der Waals surface area contributed by atoms with Crippen LogP contribution in [0.2, 0.25) is 0 Å². The molecule has 2 unspecified atom stereocenters. The average molecular weight is 1050 g/mol. The molecule has 0 aromatic carbocycles. The van der Waals surface area contributed by atoms with Gasteiger partial charge in [-0.1, -0.05) is 256 Å². The van der Waals surface area contributed by atoms with Crippen molar-refractivity contribution in [2.45, 2.75) is 309 Å². The van der Waals surface area contributed by atoms with Gasteiger partial charge < -0.3 is 27.9 Å². The van der Waals surface area contributed by atoms with E-state index in [4.69, 9.17) is 18.5 Å². The van der Waals surface area contributed by atoms with E-state index in [0.717, 1.165) is 57.8 Å². The van der Waals surface area contributed by atoms with Gasteiger partial charge in [0, 0.05) is 12.8 Å². The van der Waals surface area contributed by atoms with Crippen molar-refractivity contribution in [2.24, 2.45) is 0 Å². The molecule has 0 fully saturated rings. The Hall–Kier alpha value is -1.77. The molecule has 0 radical (unpaired) electrons. The van der Waals surface area contributed by atoms with Gasteiger partial charge >= 0.3 is 11.9 Å². The molecular formula is C63H120NO8P. The minimum atomic E-state index is -4.63. The van der Waals surface area contributed by atoms with Gasteiger partial charge in [-0.3, -0.25) is 14.2 Å². The zero-order valence-corrected chi connectivity index (χ0v) is 49.7. The van der Waals surface area contributed by atoms with Gasteiger partial charge in [0.1, 0.15) is 19.8 Å². The molecule has 0 amide bonds. The van der Waals surface area contributed by atoms with Crippen molar-refractivity contribution in [1.82, 2.24) is 0 Å². The summed E-state index contributed by atoms with van der Waals surface area (Å²) < 4.78 is 34.1. The van der Waals surface area contributed by atoms with E-state index in [-0.39, 0.29) is 32.0 Å². The van der Waals surface area contributed by atoms with Crippen molar-refractivity contribution in [3.05, 3.63) is 36.5 Å². The maximum atomic E-state index is 12.8. The molecule has 0 aromatic rings. The Bertz CT molecular complexity index is 1330. The lowest BCUT2D eigenvalue weighted by Crippen LogP contribution is -2.37. The fourth-order valence-corrected chi connectivity index (χ4v) is 9.77. The number of quaternary nitrogens is 1. The highest BCUT2D eigenvalue weighted by Gasteiger charge is 2.22. The van der Waals surface area contributed by atoms with Gasteiger partial charge in [0.05, 0.1) is 27.7 Å². The molecule has 10 heteroatoms. The predicted molar refractivity (Wildman–Crippen MR) is 310 cm³/mol. The largest absolute Gasteiger partial charge is 0.756 e. The number of phosphoric ester groups is 1. The van der Waals surface area contributed by atoms with Crippen LogP contribution in [0.1, 0.15) is 303 Å². The number of allylic oxidation sites excluding steroid dienone is 6. The summed E-state index contributed by atoms with van der Waals surface area (Å²) in [5, 5.41) is 0. The van der Waals surface area contributed by atoms with Gasteiger partial charge in [0.15, 0.2) is 6.10 Å². The molecule has 2 atom stereocenters. The number of nitrogens with zero attached hydrogens (tertiary/aromatic N) is 1. The van der Waals surface area contributed by atoms with Crippen molar-refractivity contribution in [2.75, 3.05) is 47.5 Å². The SMILES string of the molecule is CCCCCCC/C=C\C/C=C\CCCCCCCCCCCCCCCCCCCCCCCCCC(=O)OC(COC(=O)CCCCCCC/C=C\CCCCCCC)COP(=O)([O-])OCC[N+](C)(C)C. The second kappa shape index (κ2) is 55.0. The van der Waals surface area contributed by atoms with Crippen LogP contribution in [-0.4, -0.2) is 70.0 Å². The quantitative estimate of drug-likeness (QED) is 0.0195. The normalized spacial score (nSPS) is 13.5. The van der Waals surface area contributed by atoms with E-state index in [1.165, 1.54) is 212 Å². The van der Waals surface area contributed by atoms with Gasteiger partial charge in [-0.25, -0.2) is 0 Å². The average Bonchev–Trinajstić information content (AvgIpc) is 3.35. The number of ether oxygens (including phenoxy) is 2. The molecule has 0 bridgehead atoms. The van der Waals surface area contributed by atoms with Crippen LogP contribution >= 0.6 is 7.82 Å². The van der Waals surface area contributed by atoms with Crippen LogP contribution in [0.4, 0.5) is 0 Å². The number of rotatable bonds is 58. The first-order valence-corrected chi connectivity index (χ1v) is 32.7. The van der Waals surface area contributed by atoms with Gasteiger partial charge in [0.2, 0.25) is 0 Å². The van der Waals surface area contributed by atoms with Crippen LogP contribution in [0.25, 0.3) is 0 Å². The number of esters is 2. The Morgan fingerprint density at radius 3 is 1.10 bits per heavy atom. The molecule has 9 nitrogen and oxygen atoms in total. The highest BCUT2D eigenvalue weighted by atomic mass is 31.2. The van der Waals surface area contributed by atoms with E-state index in [1.54, 1.807) is 0 Å². The number of unbranched alkanes of at least 4 members (excludes halogenated alkanes) is 38. The highest BCUT2D eigenvalue weighted by Crippen LogP contribution is 2.38. The van der Waals surface area contributed by atoms with Crippen LogP contribution in [0, 0.1) is 0 Å². The minimum absolute atomic E-state index is 0.0300. The molecule has 0 N–H and O–H groups in total. The van der Waals surface area contributed by atoms with Crippen LogP contribution in [0.15, 0.2) is 36.5 Å². The summed E-state index contributed by atoms with van der Waals surface area (Å²) in [6.07, 6.45) is 67.9. The number of hydrogen-bond donors (Lipinski definition) is 0. The monoisotopic (exact) mass is 1050 g/mol. The van der Waals surface area contributed by atoms with Crippen molar-refractivity contribution >= 4 is 19.8 Å². The Labute approximate surface area is 452 Å². The van der Waals surface area contributed by atoms with E-state index in [9.17, 15) is 19.0 Å². The van der Waals surface area contributed by atoms with Gasteiger partial charge in [0.25, 0.3) is 7.82 Å². The van der Waals surface area contributed by atoms with Crippen LogP contribution in [-0.2, 0) is 32.7 Å². The Balaban J connectivity index is 3.94. The molecule has 0 aliphatic rings. The first-order valence-electron chi connectivity index (χ1n) is 31.2. The van der Waals surface area contributed by atoms with Crippen LogP contribution in [0.3, 0.4) is 0 Å². The van der Waals surface area contributed by atoms with Gasteiger partial charge in [-0.2, -0.15) is 0 Å². The second-order valence-corrected chi connectivity index (χ2v) is 23.8. The van der Waals surface area contributed by atoms with Crippen LogP contribution in [0.5, 0.6) is 0 Å². The zero-order chi connectivity index (χ0) is 53.5. The maximum Gasteiger partial charge on any atom is 0.306 e. The van der Waals surface area contributed by atoms with E-state index in [1.807, 2.05) is 21.1 Å². The molecule has 430 valence electrons. The molecule has 0 saturated heterocycles. The molecule has 73 heavy (non-hydrogen) atoms. The predicted octanol–water partition coefficient (Wildman–Crippen LogP) is 18.9. The van der Waals surface area contributed by atoms with Crippen molar-refractivity contribution in [1.29, 1.82) is 0 Å². The summed E-state index contributed by atoms with van der Waals surface area (Å²) in [4.78, 5) is 37.8. The topological polar surface area (TPSA) is 111 Å². The number of hydrogen-bond acceptors (Lipinski definition) is 8. The first-order chi connectivity index (χ1) is 35.5. The Morgan fingerprint density at radius 1 is 0.425 bits per heavy atom. The fraction of sp³-hybridized carbons (Fsp3) is 0.873. The summed E-state index contributed by atoms with van der Waals surface area (Å²) in [7, 11) is 1.17. The minimum Gasteiger partial charge on any atom is -0.756 e. The summed E-state index contributed by atoms with van der Waals surface area (Å²) in [5.74, 6) is -0.830. The maximum absolute atomic E-state index is 12.8. The fourth-order valence-electron chi connectivity index (χ4n) is 9.04. The Kier molecular flexibility index (Phi) is 53.7. The lowest BCUT2D eigenvalue weighted by Gasteiger charge is -2.28.